The molecule has 0 aliphatic carbocycles. The van der Waals surface area contributed by atoms with Gasteiger partial charge in [-0.2, -0.15) is 0 Å². The highest BCUT2D eigenvalue weighted by molar-refractivity contribution is 6.00. The van der Waals surface area contributed by atoms with Crippen LogP contribution in [-0.2, 0) is 9.53 Å². The zero-order chi connectivity index (χ0) is 14.6. The quantitative estimate of drug-likeness (QED) is 0.842. The Morgan fingerprint density at radius 3 is 2.42 bits per heavy atom. The summed E-state index contributed by atoms with van der Waals surface area (Å²) in [5.74, 6) is -1.57. The lowest BCUT2D eigenvalue weighted by Gasteiger charge is -2.23. The van der Waals surface area contributed by atoms with E-state index in [1.807, 2.05) is 0 Å². The van der Waals surface area contributed by atoms with Crippen molar-refractivity contribution in [2.45, 2.75) is 19.4 Å². The number of amides is 1. The number of carbonyl (C=O) groups excluding carboxylic acids is 2. The summed E-state index contributed by atoms with van der Waals surface area (Å²) >= 11 is 0. The number of benzene rings is 1. The molecule has 0 radical (unpaired) electrons. The number of esters is 1. The van der Waals surface area contributed by atoms with Gasteiger partial charge in [-0.15, -0.1) is 0 Å². The van der Waals surface area contributed by atoms with E-state index in [9.17, 15) is 14.0 Å². The average Bonchev–Trinajstić information content (AvgIpc) is 2.37. The minimum absolute atomic E-state index is 0.0134. The van der Waals surface area contributed by atoms with Gasteiger partial charge in [0, 0.05) is 0 Å². The van der Waals surface area contributed by atoms with Crippen LogP contribution in [0.3, 0.4) is 0 Å². The van der Waals surface area contributed by atoms with Crippen molar-refractivity contribution in [3.63, 3.8) is 0 Å². The molecular weight excluding hydrogens is 253 g/mol. The highest BCUT2D eigenvalue weighted by atomic mass is 19.1. The summed E-state index contributed by atoms with van der Waals surface area (Å²) in [4.78, 5) is 23.5. The third-order valence-electron chi connectivity index (χ3n) is 2.53. The van der Waals surface area contributed by atoms with Crippen molar-refractivity contribution >= 4 is 11.9 Å². The molecule has 0 heterocycles. The third-order valence-corrected chi connectivity index (χ3v) is 2.53. The topological polar surface area (TPSA) is 64.6 Å². The number of ether oxygens (including phenoxy) is 2. The van der Waals surface area contributed by atoms with Crippen LogP contribution in [0.5, 0.6) is 5.75 Å². The van der Waals surface area contributed by atoms with Crippen LogP contribution in [0, 0.1) is 5.82 Å². The first kappa shape index (κ1) is 14.9. The predicted octanol–water partition coefficient (Wildman–Crippen LogP) is 1.52. The molecule has 0 aromatic heterocycles. The molecule has 0 aliphatic rings. The second-order valence-electron chi connectivity index (χ2n) is 4.42. The Kier molecular flexibility index (Phi) is 4.47. The zero-order valence-corrected chi connectivity index (χ0v) is 11.2. The maximum absolute atomic E-state index is 13.2. The molecule has 0 atom stereocenters. The molecule has 1 aromatic carbocycles. The Morgan fingerprint density at radius 2 is 1.89 bits per heavy atom. The molecule has 19 heavy (non-hydrogen) atoms. The molecule has 1 N–H and O–H groups in total. The smallest absolute Gasteiger partial charge is 0.330 e. The molecule has 0 aliphatic heterocycles. The minimum Gasteiger partial charge on any atom is -0.496 e. The van der Waals surface area contributed by atoms with Crippen LogP contribution in [0.25, 0.3) is 0 Å². The molecule has 0 spiro atoms. The molecule has 0 bridgehead atoms. The van der Waals surface area contributed by atoms with Crippen LogP contribution in [0.15, 0.2) is 18.2 Å². The van der Waals surface area contributed by atoms with E-state index >= 15 is 0 Å². The summed E-state index contributed by atoms with van der Waals surface area (Å²) in [6.45, 7) is 2.98. The summed E-state index contributed by atoms with van der Waals surface area (Å²) in [7, 11) is 2.59. The lowest BCUT2D eigenvalue weighted by atomic mass is 10.0. The molecule has 5 nitrogen and oxygen atoms in total. The van der Waals surface area contributed by atoms with Gasteiger partial charge in [0.15, 0.2) is 0 Å². The Morgan fingerprint density at radius 1 is 1.26 bits per heavy atom. The second kappa shape index (κ2) is 5.69. The van der Waals surface area contributed by atoms with Crippen molar-refractivity contribution in [2.24, 2.45) is 0 Å². The first-order chi connectivity index (χ1) is 8.81. The number of methoxy groups -OCH3 is 2. The van der Waals surface area contributed by atoms with Crippen molar-refractivity contribution < 1.29 is 23.5 Å². The second-order valence-corrected chi connectivity index (χ2v) is 4.42. The van der Waals surface area contributed by atoms with E-state index in [4.69, 9.17) is 4.74 Å². The van der Waals surface area contributed by atoms with E-state index in [0.717, 1.165) is 6.07 Å². The fourth-order valence-electron chi connectivity index (χ4n) is 1.51. The summed E-state index contributed by atoms with van der Waals surface area (Å²) in [6, 6.07) is 3.57. The van der Waals surface area contributed by atoms with Gasteiger partial charge in [-0.1, -0.05) is 0 Å². The van der Waals surface area contributed by atoms with Crippen molar-refractivity contribution in [2.75, 3.05) is 14.2 Å². The summed E-state index contributed by atoms with van der Waals surface area (Å²) in [6.07, 6.45) is 0. The van der Waals surface area contributed by atoms with E-state index in [0.29, 0.717) is 0 Å². The van der Waals surface area contributed by atoms with E-state index in [1.165, 1.54) is 40.2 Å². The molecule has 0 saturated carbocycles. The van der Waals surface area contributed by atoms with Gasteiger partial charge < -0.3 is 14.8 Å². The first-order valence-electron chi connectivity index (χ1n) is 5.56. The molecule has 1 rings (SSSR count). The van der Waals surface area contributed by atoms with Crippen molar-refractivity contribution in [3.8, 4) is 5.75 Å². The largest absolute Gasteiger partial charge is 0.496 e. The summed E-state index contributed by atoms with van der Waals surface area (Å²) in [5, 5.41) is 2.47. The minimum atomic E-state index is -1.22. The van der Waals surface area contributed by atoms with E-state index in [-0.39, 0.29) is 11.3 Å². The number of hydrogen-bond donors (Lipinski definition) is 1. The van der Waals surface area contributed by atoms with E-state index in [1.54, 1.807) is 0 Å². The number of carbonyl (C=O) groups is 2. The molecule has 0 fully saturated rings. The zero-order valence-electron chi connectivity index (χ0n) is 11.2. The monoisotopic (exact) mass is 269 g/mol. The van der Waals surface area contributed by atoms with Crippen molar-refractivity contribution in [3.05, 3.63) is 29.6 Å². The maximum atomic E-state index is 13.2. The maximum Gasteiger partial charge on any atom is 0.330 e. The van der Waals surface area contributed by atoms with Crippen molar-refractivity contribution in [1.29, 1.82) is 0 Å². The molecule has 0 unspecified atom stereocenters. The Bertz CT molecular complexity index is 499. The van der Waals surface area contributed by atoms with Gasteiger partial charge in [0.2, 0.25) is 0 Å². The molecule has 104 valence electrons. The van der Waals surface area contributed by atoms with Gasteiger partial charge >= 0.3 is 5.97 Å². The van der Waals surface area contributed by atoms with Crippen LogP contribution in [0.2, 0.25) is 0 Å². The van der Waals surface area contributed by atoms with E-state index in [2.05, 4.69) is 10.1 Å². The standard InChI is InChI=1S/C13H16FNO4/c1-13(2,12(17)19-4)15-11(16)9-7-8(14)5-6-10(9)18-3/h5-7H,1-4H3,(H,15,16). The van der Waals surface area contributed by atoms with Crippen LogP contribution in [0.1, 0.15) is 24.2 Å². The SMILES string of the molecule is COC(=O)C(C)(C)NC(=O)c1cc(F)ccc1OC. The van der Waals surface area contributed by atoms with Gasteiger partial charge in [0.25, 0.3) is 5.91 Å². The third kappa shape index (κ3) is 3.43. The number of halogens is 1. The van der Waals surface area contributed by atoms with Gasteiger partial charge in [0.05, 0.1) is 19.8 Å². The molecule has 1 aromatic rings. The number of hydrogen-bond acceptors (Lipinski definition) is 4. The Labute approximate surface area is 110 Å². The average molecular weight is 269 g/mol. The van der Waals surface area contributed by atoms with Crippen LogP contribution in [-0.4, -0.2) is 31.6 Å². The molecular formula is C13H16FNO4. The highest BCUT2D eigenvalue weighted by Gasteiger charge is 2.31. The highest BCUT2D eigenvalue weighted by Crippen LogP contribution is 2.20. The molecule has 0 saturated heterocycles. The predicted molar refractivity (Wildman–Crippen MR) is 66.5 cm³/mol. The Hall–Kier alpha value is -2.11. The van der Waals surface area contributed by atoms with Gasteiger partial charge in [-0.25, -0.2) is 9.18 Å². The summed E-state index contributed by atoms with van der Waals surface area (Å²) < 4.78 is 22.7. The normalized spacial score (nSPS) is 10.8. The van der Waals surface area contributed by atoms with Crippen LogP contribution < -0.4 is 10.1 Å². The fourth-order valence-corrected chi connectivity index (χ4v) is 1.51. The number of rotatable bonds is 4. The molecule has 1 amide bonds. The van der Waals surface area contributed by atoms with E-state index < -0.39 is 23.2 Å². The van der Waals surface area contributed by atoms with Gasteiger partial charge in [-0.05, 0) is 32.0 Å². The first-order valence-corrected chi connectivity index (χ1v) is 5.56. The van der Waals surface area contributed by atoms with Crippen LogP contribution >= 0.6 is 0 Å². The lowest BCUT2D eigenvalue weighted by Crippen LogP contribution is -2.50. The molecule has 6 heteroatoms. The van der Waals surface area contributed by atoms with Gasteiger partial charge in [-0.3, -0.25) is 4.79 Å². The van der Waals surface area contributed by atoms with Crippen LogP contribution in [0.4, 0.5) is 4.39 Å². The summed E-state index contributed by atoms with van der Waals surface area (Å²) in [5.41, 5.74) is -1.21. The van der Waals surface area contributed by atoms with Crippen molar-refractivity contribution in [1.82, 2.24) is 5.32 Å². The fraction of sp³-hybridized carbons (Fsp3) is 0.385. The lowest BCUT2D eigenvalue weighted by molar-refractivity contribution is -0.146. The number of nitrogens with one attached hydrogen (secondary N) is 1. The van der Waals surface area contributed by atoms with Gasteiger partial charge in [0.1, 0.15) is 17.1 Å². The Balaban J connectivity index is 3.01.